The number of aryl methyl sites for hydroxylation is 1. The first-order chi connectivity index (χ1) is 10.9. The topological polar surface area (TPSA) is 61.4 Å². The van der Waals surface area contributed by atoms with E-state index in [1.807, 2.05) is 0 Å². The fourth-order valence-corrected chi connectivity index (χ4v) is 2.09. The third-order valence-electron chi connectivity index (χ3n) is 3.23. The molecule has 0 radical (unpaired) electrons. The molecular formula is C16H15F3N2O2. The molecule has 0 aromatic heterocycles. The van der Waals surface area contributed by atoms with Crippen LogP contribution in [0, 0.1) is 0 Å². The van der Waals surface area contributed by atoms with E-state index < -0.39 is 17.6 Å². The van der Waals surface area contributed by atoms with Crippen molar-refractivity contribution in [2.45, 2.75) is 19.0 Å². The average Bonchev–Trinajstić information content (AvgIpc) is 2.53. The minimum atomic E-state index is -4.41. The summed E-state index contributed by atoms with van der Waals surface area (Å²) in [6.07, 6.45) is -4.00. The number of benzene rings is 2. The average molecular weight is 324 g/mol. The summed E-state index contributed by atoms with van der Waals surface area (Å²) in [4.78, 5) is 11.1. The summed E-state index contributed by atoms with van der Waals surface area (Å²) >= 11 is 0. The van der Waals surface area contributed by atoms with Gasteiger partial charge in [0.15, 0.2) is 0 Å². The van der Waals surface area contributed by atoms with Gasteiger partial charge in [0.1, 0.15) is 0 Å². The van der Waals surface area contributed by atoms with Crippen molar-refractivity contribution in [3.8, 4) is 0 Å². The maximum Gasteiger partial charge on any atom is 0.416 e. The Kier molecular flexibility index (Phi) is 5.23. The van der Waals surface area contributed by atoms with Crippen LogP contribution in [0.25, 0.3) is 0 Å². The van der Waals surface area contributed by atoms with E-state index in [-0.39, 0.29) is 6.42 Å². The third kappa shape index (κ3) is 4.72. The second-order valence-corrected chi connectivity index (χ2v) is 4.90. The Balaban J connectivity index is 2.19. The number of carbonyl (C=O) groups is 1. The van der Waals surface area contributed by atoms with Crippen LogP contribution in [0.4, 0.5) is 24.5 Å². The van der Waals surface area contributed by atoms with Crippen LogP contribution in [0.3, 0.4) is 0 Å². The number of carbonyl (C=O) groups excluding carboxylic acids is 1. The van der Waals surface area contributed by atoms with Gasteiger partial charge in [-0.3, -0.25) is 10.0 Å². The van der Waals surface area contributed by atoms with Gasteiger partial charge in [-0.05, 0) is 36.2 Å². The van der Waals surface area contributed by atoms with Gasteiger partial charge in [-0.15, -0.1) is 0 Å². The summed E-state index contributed by atoms with van der Waals surface area (Å²) in [6, 6.07) is 11.9. The summed E-state index contributed by atoms with van der Waals surface area (Å²) in [7, 11) is 0. The lowest BCUT2D eigenvalue weighted by molar-refractivity contribution is -0.137. The van der Waals surface area contributed by atoms with Crippen LogP contribution < -0.4 is 10.8 Å². The van der Waals surface area contributed by atoms with Crippen molar-refractivity contribution in [1.29, 1.82) is 0 Å². The quantitative estimate of drug-likeness (QED) is 0.578. The van der Waals surface area contributed by atoms with Crippen molar-refractivity contribution in [3.05, 3.63) is 59.7 Å². The van der Waals surface area contributed by atoms with Crippen LogP contribution in [0.2, 0.25) is 0 Å². The number of anilines is 2. The van der Waals surface area contributed by atoms with Crippen molar-refractivity contribution < 1.29 is 23.2 Å². The number of nitrogens with one attached hydrogen (secondary N) is 2. The molecule has 23 heavy (non-hydrogen) atoms. The zero-order valence-corrected chi connectivity index (χ0v) is 12.0. The normalized spacial score (nSPS) is 11.1. The molecule has 3 N–H and O–H groups in total. The van der Waals surface area contributed by atoms with Crippen molar-refractivity contribution in [1.82, 2.24) is 5.48 Å². The maximum atomic E-state index is 12.7. The highest BCUT2D eigenvalue weighted by molar-refractivity contribution is 5.75. The molecule has 0 fully saturated rings. The molecule has 4 nitrogen and oxygen atoms in total. The molecule has 0 bridgehead atoms. The lowest BCUT2D eigenvalue weighted by Gasteiger charge is -2.13. The third-order valence-corrected chi connectivity index (χ3v) is 3.23. The molecule has 0 saturated carbocycles. The molecule has 0 unspecified atom stereocenters. The van der Waals surface area contributed by atoms with Gasteiger partial charge in [0.2, 0.25) is 5.91 Å². The number of rotatable bonds is 5. The first-order valence-corrected chi connectivity index (χ1v) is 6.85. The highest BCUT2D eigenvalue weighted by atomic mass is 19.4. The highest BCUT2D eigenvalue weighted by Gasteiger charge is 2.30. The first kappa shape index (κ1) is 16.8. The second kappa shape index (κ2) is 7.15. The van der Waals surface area contributed by atoms with E-state index in [9.17, 15) is 18.0 Å². The van der Waals surface area contributed by atoms with E-state index in [1.165, 1.54) is 12.1 Å². The molecule has 0 saturated heterocycles. The summed E-state index contributed by atoms with van der Waals surface area (Å²) in [6.45, 7) is 0. The van der Waals surface area contributed by atoms with Crippen LogP contribution >= 0.6 is 0 Å². The number of para-hydroxylation sites is 1. The summed E-state index contributed by atoms with van der Waals surface area (Å²) in [5.74, 6) is -0.529. The number of hydrogen-bond acceptors (Lipinski definition) is 3. The zero-order chi connectivity index (χ0) is 16.9. The number of hydroxylamine groups is 1. The molecular weight excluding hydrogens is 309 g/mol. The zero-order valence-electron chi connectivity index (χ0n) is 12.0. The Morgan fingerprint density at radius 1 is 1.09 bits per heavy atom. The largest absolute Gasteiger partial charge is 0.416 e. The summed E-state index contributed by atoms with van der Waals surface area (Å²) < 4.78 is 38.2. The van der Waals surface area contributed by atoms with E-state index in [0.29, 0.717) is 17.8 Å². The van der Waals surface area contributed by atoms with Crippen LogP contribution in [-0.4, -0.2) is 11.1 Å². The van der Waals surface area contributed by atoms with Gasteiger partial charge in [-0.25, -0.2) is 5.48 Å². The van der Waals surface area contributed by atoms with E-state index in [2.05, 4.69) is 5.32 Å². The number of hydrogen-bond donors (Lipinski definition) is 3. The minimum absolute atomic E-state index is 0.0672. The SMILES string of the molecule is O=C(CCc1ccccc1Nc1cccc(C(F)(F)F)c1)NO. The minimum Gasteiger partial charge on any atom is -0.355 e. The standard InChI is InChI=1S/C16H15F3N2O2/c17-16(18,19)12-5-3-6-13(10-12)20-14-7-2-1-4-11(14)8-9-15(22)21-23/h1-7,10,20,23H,8-9H2,(H,21,22). The van der Waals surface area contributed by atoms with Crippen LogP contribution in [0.5, 0.6) is 0 Å². The monoisotopic (exact) mass is 324 g/mol. The Morgan fingerprint density at radius 3 is 2.52 bits per heavy atom. The van der Waals surface area contributed by atoms with Gasteiger partial charge in [0.05, 0.1) is 5.56 Å². The molecule has 0 heterocycles. The van der Waals surface area contributed by atoms with Crippen LogP contribution in [0.1, 0.15) is 17.5 Å². The fraction of sp³-hybridized carbons (Fsp3) is 0.188. The molecule has 0 atom stereocenters. The van der Waals surface area contributed by atoms with E-state index in [0.717, 1.165) is 17.7 Å². The second-order valence-electron chi connectivity index (χ2n) is 4.90. The van der Waals surface area contributed by atoms with Crippen LogP contribution in [0.15, 0.2) is 48.5 Å². The summed E-state index contributed by atoms with van der Waals surface area (Å²) in [5.41, 5.74) is 2.48. The van der Waals surface area contributed by atoms with E-state index in [1.54, 1.807) is 29.7 Å². The van der Waals surface area contributed by atoms with Crippen molar-refractivity contribution in [2.24, 2.45) is 0 Å². The van der Waals surface area contributed by atoms with Gasteiger partial charge in [-0.2, -0.15) is 13.2 Å². The molecule has 2 aromatic carbocycles. The van der Waals surface area contributed by atoms with Gasteiger partial charge in [-0.1, -0.05) is 24.3 Å². The smallest absolute Gasteiger partial charge is 0.355 e. The van der Waals surface area contributed by atoms with Crippen LogP contribution in [-0.2, 0) is 17.4 Å². The van der Waals surface area contributed by atoms with Crippen molar-refractivity contribution >= 4 is 17.3 Å². The Labute approximate surface area is 130 Å². The highest BCUT2D eigenvalue weighted by Crippen LogP contribution is 2.32. The predicted octanol–water partition coefficient (Wildman–Crippen LogP) is 3.89. The molecule has 0 spiro atoms. The predicted molar refractivity (Wildman–Crippen MR) is 79.4 cm³/mol. The molecule has 2 aromatic rings. The number of halogens is 3. The van der Waals surface area contributed by atoms with E-state index >= 15 is 0 Å². The molecule has 122 valence electrons. The molecule has 1 amide bonds. The maximum absolute atomic E-state index is 12.7. The first-order valence-electron chi connectivity index (χ1n) is 6.85. The molecule has 2 rings (SSSR count). The van der Waals surface area contributed by atoms with E-state index in [4.69, 9.17) is 5.21 Å². The Hall–Kier alpha value is -2.54. The molecule has 0 aliphatic heterocycles. The Bertz CT molecular complexity index is 687. The fourth-order valence-electron chi connectivity index (χ4n) is 2.09. The lowest BCUT2D eigenvalue weighted by atomic mass is 10.1. The van der Waals surface area contributed by atoms with Gasteiger partial charge >= 0.3 is 6.18 Å². The summed E-state index contributed by atoms with van der Waals surface area (Å²) in [5, 5.41) is 11.4. The Morgan fingerprint density at radius 2 is 1.83 bits per heavy atom. The van der Waals surface area contributed by atoms with Gasteiger partial charge in [0.25, 0.3) is 0 Å². The van der Waals surface area contributed by atoms with Crippen molar-refractivity contribution in [3.63, 3.8) is 0 Å². The van der Waals surface area contributed by atoms with Gasteiger partial charge < -0.3 is 5.32 Å². The molecule has 7 heteroatoms. The number of amides is 1. The molecule has 0 aliphatic rings. The molecule has 0 aliphatic carbocycles. The lowest BCUT2D eigenvalue weighted by Crippen LogP contribution is -2.18. The number of alkyl halides is 3. The van der Waals surface area contributed by atoms with Gasteiger partial charge in [0, 0.05) is 17.8 Å². The van der Waals surface area contributed by atoms with Crippen molar-refractivity contribution in [2.75, 3.05) is 5.32 Å².